The first-order chi connectivity index (χ1) is 10.1. The van der Waals surface area contributed by atoms with Crippen molar-refractivity contribution in [3.05, 3.63) is 29.8 Å². The summed E-state index contributed by atoms with van der Waals surface area (Å²) in [6.45, 7) is 3.46. The molecule has 5 nitrogen and oxygen atoms in total. The van der Waals surface area contributed by atoms with Crippen LogP contribution >= 0.6 is 0 Å². The fraction of sp³-hybridized carbons (Fsp3) is 0.562. The van der Waals surface area contributed by atoms with Crippen LogP contribution in [0.15, 0.2) is 24.3 Å². The highest BCUT2D eigenvalue weighted by molar-refractivity contribution is 5.96. The van der Waals surface area contributed by atoms with E-state index in [4.69, 9.17) is 9.84 Å². The Balaban J connectivity index is 1.96. The molecule has 0 aliphatic carbocycles. The Morgan fingerprint density at radius 2 is 2.24 bits per heavy atom. The molecule has 1 atom stereocenters. The highest BCUT2D eigenvalue weighted by Crippen LogP contribution is 2.27. The van der Waals surface area contributed by atoms with Gasteiger partial charge in [0.2, 0.25) is 5.91 Å². The van der Waals surface area contributed by atoms with Crippen LogP contribution in [0.25, 0.3) is 0 Å². The van der Waals surface area contributed by atoms with Gasteiger partial charge < -0.3 is 20.1 Å². The average molecular weight is 292 g/mol. The number of aliphatic hydroxyl groups is 1. The molecule has 0 saturated carbocycles. The van der Waals surface area contributed by atoms with Crippen molar-refractivity contribution in [1.29, 1.82) is 0 Å². The third-order valence-corrected chi connectivity index (χ3v) is 3.98. The summed E-state index contributed by atoms with van der Waals surface area (Å²) in [5.41, 5.74) is 1.85. The summed E-state index contributed by atoms with van der Waals surface area (Å²) >= 11 is 0. The maximum atomic E-state index is 12.4. The number of aliphatic hydroxyl groups excluding tert-OH is 1. The molecule has 2 N–H and O–H groups in total. The lowest BCUT2D eigenvalue weighted by atomic mass is 9.99. The van der Waals surface area contributed by atoms with Crippen molar-refractivity contribution in [3.8, 4) is 0 Å². The molecule has 116 valence electrons. The van der Waals surface area contributed by atoms with Gasteiger partial charge >= 0.3 is 0 Å². The first-order valence-corrected chi connectivity index (χ1v) is 7.33. The highest BCUT2D eigenvalue weighted by atomic mass is 16.5. The Morgan fingerprint density at radius 1 is 1.48 bits per heavy atom. The largest absolute Gasteiger partial charge is 0.396 e. The standard InChI is InChI=1S/C16H24N2O3/c1-16(8-10-19,12-21-2)17-11-15(20)18-9-7-13-5-3-4-6-14(13)18/h3-6,17,19H,7-12H2,1-2H3. The molecular formula is C16H24N2O3. The molecule has 1 unspecified atom stereocenters. The van der Waals surface area contributed by atoms with Gasteiger partial charge in [-0.1, -0.05) is 18.2 Å². The number of carbonyl (C=O) groups is 1. The van der Waals surface area contributed by atoms with Crippen molar-refractivity contribution in [3.63, 3.8) is 0 Å². The van der Waals surface area contributed by atoms with Crippen molar-refractivity contribution in [2.75, 3.05) is 38.3 Å². The van der Waals surface area contributed by atoms with E-state index in [0.29, 0.717) is 13.0 Å². The molecular weight excluding hydrogens is 268 g/mol. The maximum Gasteiger partial charge on any atom is 0.240 e. The molecule has 1 aliphatic rings. The van der Waals surface area contributed by atoms with Crippen LogP contribution in [0.2, 0.25) is 0 Å². The van der Waals surface area contributed by atoms with Gasteiger partial charge in [0.1, 0.15) is 0 Å². The van der Waals surface area contributed by atoms with Gasteiger partial charge in [-0.25, -0.2) is 0 Å². The second-order valence-corrected chi connectivity index (χ2v) is 5.74. The van der Waals surface area contributed by atoms with Crippen LogP contribution in [-0.4, -0.2) is 50.0 Å². The Kier molecular flexibility index (Phi) is 5.33. The smallest absolute Gasteiger partial charge is 0.240 e. The predicted molar refractivity (Wildman–Crippen MR) is 82.5 cm³/mol. The van der Waals surface area contributed by atoms with Crippen LogP contribution in [0.3, 0.4) is 0 Å². The fourth-order valence-corrected chi connectivity index (χ4v) is 2.76. The normalized spacial score (nSPS) is 16.6. The van der Waals surface area contributed by atoms with Crippen molar-refractivity contribution >= 4 is 11.6 Å². The van der Waals surface area contributed by atoms with Crippen LogP contribution in [0, 0.1) is 0 Å². The number of carbonyl (C=O) groups excluding carboxylic acids is 1. The number of anilines is 1. The van der Waals surface area contributed by atoms with Gasteiger partial charge in [-0.2, -0.15) is 0 Å². The number of amides is 1. The van der Waals surface area contributed by atoms with E-state index < -0.39 is 5.54 Å². The number of benzene rings is 1. The molecule has 5 heteroatoms. The quantitative estimate of drug-likeness (QED) is 0.785. The van der Waals surface area contributed by atoms with E-state index in [9.17, 15) is 4.79 Å². The minimum atomic E-state index is -0.390. The minimum absolute atomic E-state index is 0.0558. The molecule has 0 radical (unpaired) electrons. The van der Waals surface area contributed by atoms with Gasteiger partial charge in [0.05, 0.1) is 13.2 Å². The summed E-state index contributed by atoms with van der Waals surface area (Å²) in [5.74, 6) is 0.0558. The molecule has 1 aromatic carbocycles. The third kappa shape index (κ3) is 3.81. The molecule has 0 spiro atoms. The Labute approximate surface area is 125 Å². The average Bonchev–Trinajstić information content (AvgIpc) is 2.89. The molecule has 1 aliphatic heterocycles. The lowest BCUT2D eigenvalue weighted by Crippen LogP contribution is -2.51. The Bertz CT molecular complexity index is 484. The Morgan fingerprint density at radius 3 is 2.95 bits per heavy atom. The Hall–Kier alpha value is -1.43. The zero-order valence-electron chi connectivity index (χ0n) is 12.8. The molecule has 0 fully saturated rings. The van der Waals surface area contributed by atoms with E-state index in [2.05, 4.69) is 11.4 Å². The SMILES string of the molecule is COCC(C)(CCO)NCC(=O)N1CCc2ccccc21. The van der Waals surface area contributed by atoms with Crippen LogP contribution < -0.4 is 10.2 Å². The zero-order chi connectivity index (χ0) is 15.3. The van der Waals surface area contributed by atoms with Crippen LogP contribution in [0.4, 0.5) is 5.69 Å². The number of methoxy groups -OCH3 is 1. The van der Waals surface area contributed by atoms with Crippen molar-refractivity contribution < 1.29 is 14.6 Å². The lowest BCUT2D eigenvalue weighted by molar-refractivity contribution is -0.118. The monoisotopic (exact) mass is 292 g/mol. The number of nitrogens with one attached hydrogen (secondary N) is 1. The lowest BCUT2D eigenvalue weighted by Gasteiger charge is -2.30. The summed E-state index contributed by atoms with van der Waals surface area (Å²) in [6, 6.07) is 8.01. The van der Waals surface area contributed by atoms with Crippen LogP contribution in [-0.2, 0) is 16.0 Å². The molecule has 0 saturated heterocycles. The number of hydrogen-bond acceptors (Lipinski definition) is 4. The fourth-order valence-electron chi connectivity index (χ4n) is 2.76. The maximum absolute atomic E-state index is 12.4. The highest BCUT2D eigenvalue weighted by Gasteiger charge is 2.28. The molecule has 21 heavy (non-hydrogen) atoms. The number of nitrogens with zero attached hydrogens (tertiary/aromatic N) is 1. The second kappa shape index (κ2) is 7.02. The van der Waals surface area contributed by atoms with Crippen molar-refractivity contribution in [2.24, 2.45) is 0 Å². The summed E-state index contributed by atoms with van der Waals surface area (Å²) in [4.78, 5) is 14.3. The van der Waals surface area contributed by atoms with E-state index in [1.807, 2.05) is 30.0 Å². The second-order valence-electron chi connectivity index (χ2n) is 5.74. The summed E-state index contributed by atoms with van der Waals surface area (Å²) in [5, 5.41) is 12.4. The number of para-hydroxylation sites is 1. The molecule has 1 amide bonds. The van der Waals surface area contributed by atoms with Gasteiger partial charge in [0.15, 0.2) is 0 Å². The third-order valence-electron chi connectivity index (χ3n) is 3.98. The molecule has 0 bridgehead atoms. The topological polar surface area (TPSA) is 61.8 Å². The van der Waals surface area contributed by atoms with Crippen molar-refractivity contribution in [1.82, 2.24) is 5.32 Å². The summed E-state index contributed by atoms with van der Waals surface area (Å²) in [7, 11) is 1.62. The number of hydrogen-bond donors (Lipinski definition) is 2. The van der Waals surface area contributed by atoms with E-state index in [1.54, 1.807) is 7.11 Å². The zero-order valence-corrected chi connectivity index (χ0v) is 12.8. The van der Waals surface area contributed by atoms with E-state index in [0.717, 1.165) is 18.7 Å². The minimum Gasteiger partial charge on any atom is -0.396 e. The summed E-state index contributed by atoms with van der Waals surface area (Å²) < 4.78 is 5.18. The van der Waals surface area contributed by atoms with Crippen LogP contribution in [0.1, 0.15) is 18.9 Å². The van der Waals surface area contributed by atoms with Gasteiger partial charge in [0.25, 0.3) is 0 Å². The van der Waals surface area contributed by atoms with Crippen molar-refractivity contribution in [2.45, 2.75) is 25.3 Å². The first kappa shape index (κ1) is 15.9. The van der Waals surface area contributed by atoms with Gasteiger partial charge in [-0.05, 0) is 31.4 Å². The van der Waals surface area contributed by atoms with E-state index in [-0.39, 0.29) is 19.1 Å². The van der Waals surface area contributed by atoms with Crippen LogP contribution in [0.5, 0.6) is 0 Å². The van der Waals surface area contributed by atoms with E-state index >= 15 is 0 Å². The molecule has 0 aromatic heterocycles. The van der Waals surface area contributed by atoms with E-state index in [1.165, 1.54) is 5.56 Å². The molecule has 1 aromatic rings. The molecule has 1 heterocycles. The number of fused-ring (bicyclic) bond motifs is 1. The molecule has 2 rings (SSSR count). The number of rotatable bonds is 7. The first-order valence-electron chi connectivity index (χ1n) is 7.33. The van der Waals surface area contributed by atoms with Gasteiger partial charge in [0, 0.05) is 31.5 Å². The van der Waals surface area contributed by atoms with Gasteiger partial charge in [-0.15, -0.1) is 0 Å². The number of ether oxygens (including phenoxy) is 1. The predicted octanol–water partition coefficient (Wildman–Crippen LogP) is 0.953. The summed E-state index contributed by atoms with van der Waals surface area (Å²) in [6.07, 6.45) is 1.46. The van der Waals surface area contributed by atoms with Gasteiger partial charge in [-0.3, -0.25) is 4.79 Å².